The fraction of sp³-hybridized carbons (Fsp3) is 0.158. The smallest absolute Gasteiger partial charge is 0.287 e. The van der Waals surface area contributed by atoms with E-state index in [4.69, 9.17) is 4.74 Å². The highest BCUT2D eigenvalue weighted by molar-refractivity contribution is 5.83. The minimum atomic E-state index is -0.526. The zero-order valence-electron chi connectivity index (χ0n) is 16.4. The maximum Gasteiger partial charge on any atom is 0.287 e. The van der Waals surface area contributed by atoms with Crippen LogP contribution in [0.4, 0.5) is 17.2 Å². The number of hydrogen-bond acceptors (Lipinski definition) is 8. The van der Waals surface area contributed by atoms with Crippen molar-refractivity contribution in [3.63, 3.8) is 0 Å². The molecule has 2 aromatic heterocycles. The average molecular weight is 410 g/mol. The minimum Gasteiger partial charge on any atom is -0.494 e. The highest BCUT2D eigenvalue weighted by Crippen LogP contribution is 2.31. The van der Waals surface area contributed by atoms with Crippen LogP contribution in [-0.2, 0) is 0 Å². The van der Waals surface area contributed by atoms with Crippen molar-refractivity contribution in [2.45, 2.75) is 13.8 Å². The topological polar surface area (TPSA) is 138 Å². The van der Waals surface area contributed by atoms with Gasteiger partial charge in [-0.05, 0) is 32.0 Å². The third-order valence-corrected chi connectivity index (χ3v) is 4.43. The summed E-state index contributed by atoms with van der Waals surface area (Å²) in [5.41, 5.74) is 5.77. The molecule has 1 N–H and O–H groups in total. The monoisotopic (exact) mass is 410 g/mol. The zero-order chi connectivity index (χ0) is 21.8. The lowest BCUT2D eigenvalue weighted by Gasteiger charge is -2.13. The van der Waals surface area contributed by atoms with E-state index in [0.29, 0.717) is 17.3 Å². The van der Waals surface area contributed by atoms with Gasteiger partial charge in [0, 0.05) is 29.1 Å². The van der Waals surface area contributed by atoms with Crippen LogP contribution in [0.15, 0.2) is 47.7 Å². The molecule has 0 unspecified atom stereocenters. The van der Waals surface area contributed by atoms with Crippen LogP contribution in [-0.4, -0.2) is 32.7 Å². The first-order valence-electron chi connectivity index (χ1n) is 8.73. The van der Waals surface area contributed by atoms with Crippen molar-refractivity contribution in [3.05, 3.63) is 79.8 Å². The molecule has 0 aliphatic rings. The number of ether oxygens (including phenoxy) is 1. The lowest BCUT2D eigenvalue weighted by Crippen LogP contribution is -2.03. The summed E-state index contributed by atoms with van der Waals surface area (Å²) in [5, 5.41) is 25.8. The Morgan fingerprint density at radius 3 is 2.40 bits per heavy atom. The van der Waals surface area contributed by atoms with Gasteiger partial charge in [-0.2, -0.15) is 5.10 Å². The molecule has 0 aliphatic carbocycles. The molecule has 1 aromatic carbocycles. The van der Waals surface area contributed by atoms with Gasteiger partial charge in [0.2, 0.25) is 0 Å². The number of benzene rings is 1. The molecule has 0 aliphatic heterocycles. The van der Waals surface area contributed by atoms with Crippen LogP contribution in [0.5, 0.6) is 5.75 Å². The number of aromatic nitrogens is 2. The number of aryl methyl sites for hydroxylation is 1. The van der Waals surface area contributed by atoms with Gasteiger partial charge in [-0.15, -0.1) is 0 Å². The van der Waals surface area contributed by atoms with Gasteiger partial charge in [0.15, 0.2) is 0 Å². The van der Waals surface area contributed by atoms with Gasteiger partial charge in [-0.25, -0.2) is 4.98 Å². The summed E-state index contributed by atoms with van der Waals surface area (Å²) >= 11 is 0. The third-order valence-electron chi connectivity index (χ3n) is 4.43. The fourth-order valence-electron chi connectivity index (χ4n) is 2.98. The second kappa shape index (κ2) is 8.39. The Labute approximate surface area is 170 Å². The molecule has 2 heterocycles. The largest absolute Gasteiger partial charge is 0.494 e. The van der Waals surface area contributed by atoms with Gasteiger partial charge in [-0.3, -0.25) is 25.7 Å². The number of nitrogens with one attached hydrogen (secondary N) is 1. The number of nitro groups is 2. The van der Waals surface area contributed by atoms with Crippen molar-refractivity contribution in [1.29, 1.82) is 0 Å². The van der Waals surface area contributed by atoms with Crippen LogP contribution in [0, 0.1) is 34.1 Å². The molecular weight excluding hydrogens is 392 g/mol. The Kier molecular flexibility index (Phi) is 5.72. The molecule has 11 heteroatoms. The summed E-state index contributed by atoms with van der Waals surface area (Å²) in [5.74, 6) is 0.741. The lowest BCUT2D eigenvalue weighted by atomic mass is 10.2. The van der Waals surface area contributed by atoms with E-state index < -0.39 is 9.85 Å². The molecule has 3 rings (SSSR count). The van der Waals surface area contributed by atoms with Crippen molar-refractivity contribution in [3.8, 4) is 11.4 Å². The SMILES string of the molecule is COc1cc([N+](=O)[O-])ccc1-n1c(C)cc(/C=N/Nc2ccc([N+](=O)[O-])cn2)c1C. The Balaban J connectivity index is 1.86. The third kappa shape index (κ3) is 4.09. The quantitative estimate of drug-likeness (QED) is 0.355. The molecule has 3 aromatic rings. The van der Waals surface area contributed by atoms with Crippen LogP contribution in [0.25, 0.3) is 5.69 Å². The number of nitrogens with zero attached hydrogens (tertiary/aromatic N) is 5. The number of nitro benzene ring substituents is 1. The summed E-state index contributed by atoms with van der Waals surface area (Å²) in [7, 11) is 1.46. The average Bonchev–Trinajstić information content (AvgIpc) is 3.01. The number of pyridine rings is 1. The van der Waals surface area contributed by atoms with Crippen molar-refractivity contribution >= 4 is 23.4 Å². The Morgan fingerprint density at radius 1 is 1.10 bits per heavy atom. The van der Waals surface area contributed by atoms with Crippen LogP contribution >= 0.6 is 0 Å². The Morgan fingerprint density at radius 2 is 1.80 bits per heavy atom. The first-order chi connectivity index (χ1) is 14.3. The van der Waals surface area contributed by atoms with Gasteiger partial charge in [-0.1, -0.05) is 0 Å². The number of anilines is 1. The standard InChI is InChI=1S/C19H18N6O5/c1-12-8-14(10-21-22-19-7-5-16(11-20-19)25(28)29)13(2)23(12)17-6-4-15(24(26)27)9-18(17)30-3/h4-11H,1-3H3,(H,20,22)/b21-10+. The van der Waals surface area contributed by atoms with E-state index >= 15 is 0 Å². The van der Waals surface area contributed by atoms with E-state index in [9.17, 15) is 20.2 Å². The van der Waals surface area contributed by atoms with Gasteiger partial charge in [0.1, 0.15) is 17.8 Å². The van der Waals surface area contributed by atoms with Crippen molar-refractivity contribution in [2.24, 2.45) is 5.10 Å². The highest BCUT2D eigenvalue weighted by atomic mass is 16.6. The molecule has 154 valence electrons. The predicted molar refractivity (Wildman–Crippen MR) is 111 cm³/mol. The second-order valence-electron chi connectivity index (χ2n) is 6.30. The van der Waals surface area contributed by atoms with E-state index in [1.807, 2.05) is 24.5 Å². The maximum atomic E-state index is 11.0. The molecule has 0 amide bonds. The van der Waals surface area contributed by atoms with E-state index in [2.05, 4.69) is 15.5 Å². The molecule has 30 heavy (non-hydrogen) atoms. The molecular formula is C19H18N6O5. The summed E-state index contributed by atoms with van der Waals surface area (Å²) in [6.07, 6.45) is 2.74. The van der Waals surface area contributed by atoms with Crippen molar-refractivity contribution in [1.82, 2.24) is 9.55 Å². The molecule has 0 saturated carbocycles. The van der Waals surface area contributed by atoms with E-state index in [-0.39, 0.29) is 11.4 Å². The molecule has 0 radical (unpaired) electrons. The van der Waals surface area contributed by atoms with Crippen molar-refractivity contribution < 1.29 is 14.6 Å². The Hall–Kier alpha value is -4.28. The normalized spacial score (nSPS) is 10.9. The molecule has 0 fully saturated rings. The van der Waals surface area contributed by atoms with Crippen LogP contribution < -0.4 is 10.2 Å². The van der Waals surface area contributed by atoms with Crippen LogP contribution in [0.3, 0.4) is 0 Å². The lowest BCUT2D eigenvalue weighted by molar-refractivity contribution is -0.385. The van der Waals surface area contributed by atoms with E-state index in [1.54, 1.807) is 12.3 Å². The molecule has 0 bridgehead atoms. The van der Waals surface area contributed by atoms with Gasteiger partial charge in [0.05, 0.1) is 34.9 Å². The summed E-state index contributed by atoms with van der Waals surface area (Å²) in [4.78, 5) is 24.6. The minimum absolute atomic E-state index is 0.0559. The molecule has 0 spiro atoms. The first kappa shape index (κ1) is 20.5. The number of methoxy groups -OCH3 is 1. The van der Waals surface area contributed by atoms with Gasteiger partial charge >= 0.3 is 0 Å². The molecule has 11 nitrogen and oxygen atoms in total. The van der Waals surface area contributed by atoms with Crippen LogP contribution in [0.2, 0.25) is 0 Å². The maximum absolute atomic E-state index is 11.0. The van der Waals surface area contributed by atoms with Gasteiger partial charge < -0.3 is 9.30 Å². The number of hydrogen-bond donors (Lipinski definition) is 1. The summed E-state index contributed by atoms with van der Waals surface area (Å²) in [6.45, 7) is 3.79. The number of non-ortho nitro benzene ring substituents is 1. The first-order valence-corrected chi connectivity index (χ1v) is 8.73. The zero-order valence-corrected chi connectivity index (χ0v) is 16.4. The van der Waals surface area contributed by atoms with Gasteiger partial charge in [0.25, 0.3) is 11.4 Å². The summed E-state index contributed by atoms with van der Waals surface area (Å²) < 4.78 is 7.26. The number of rotatable bonds is 7. The van der Waals surface area contributed by atoms with E-state index in [1.165, 1.54) is 31.4 Å². The second-order valence-corrected chi connectivity index (χ2v) is 6.30. The fourth-order valence-corrected chi connectivity index (χ4v) is 2.98. The van der Waals surface area contributed by atoms with E-state index in [0.717, 1.165) is 23.1 Å². The summed E-state index contributed by atoms with van der Waals surface area (Å²) in [6, 6.07) is 9.13. The Bertz CT molecular complexity index is 1140. The molecule has 0 saturated heterocycles. The highest BCUT2D eigenvalue weighted by Gasteiger charge is 2.17. The van der Waals surface area contributed by atoms with Crippen molar-refractivity contribution in [2.75, 3.05) is 12.5 Å². The molecule has 0 atom stereocenters. The predicted octanol–water partition coefficient (Wildman–Crippen LogP) is 3.76. The number of hydrazone groups is 1. The van der Waals surface area contributed by atoms with Crippen LogP contribution in [0.1, 0.15) is 17.0 Å².